The summed E-state index contributed by atoms with van der Waals surface area (Å²) in [6, 6.07) is 7.51. The number of carbonyl (C=O) groups excluding carboxylic acids is 1. The minimum atomic E-state index is -0.206. The monoisotopic (exact) mass is 345 g/mol. The first kappa shape index (κ1) is 17.4. The molecule has 0 aliphatic carbocycles. The van der Waals surface area contributed by atoms with E-state index in [1.165, 1.54) is 0 Å². The third-order valence-electron chi connectivity index (χ3n) is 4.56. The highest BCUT2D eigenvalue weighted by molar-refractivity contribution is 5.94. The number of rotatable bonds is 6. The zero-order chi connectivity index (χ0) is 17.8. The van der Waals surface area contributed by atoms with Crippen molar-refractivity contribution in [2.45, 2.75) is 25.1 Å². The second kappa shape index (κ2) is 7.67. The van der Waals surface area contributed by atoms with Crippen LogP contribution in [0.2, 0.25) is 0 Å². The first-order valence-corrected chi connectivity index (χ1v) is 8.24. The average molecular weight is 345 g/mol. The third kappa shape index (κ3) is 3.83. The van der Waals surface area contributed by atoms with Crippen molar-refractivity contribution in [2.24, 2.45) is 0 Å². The van der Waals surface area contributed by atoms with Crippen molar-refractivity contribution in [1.82, 2.24) is 14.7 Å². The van der Waals surface area contributed by atoms with Crippen molar-refractivity contribution in [3.8, 4) is 5.75 Å². The van der Waals surface area contributed by atoms with Crippen LogP contribution < -0.4 is 4.74 Å². The quantitative estimate of drug-likeness (QED) is 0.850. The number of benzene rings is 1. The number of aliphatic hydroxyl groups is 1. The van der Waals surface area contributed by atoms with Gasteiger partial charge in [-0.3, -0.25) is 9.48 Å². The van der Waals surface area contributed by atoms with Crippen molar-refractivity contribution in [3.63, 3.8) is 0 Å². The Bertz CT molecular complexity index is 713. The third-order valence-corrected chi connectivity index (χ3v) is 4.56. The first-order valence-electron chi connectivity index (χ1n) is 8.24. The highest BCUT2D eigenvalue weighted by Gasteiger charge is 2.35. The summed E-state index contributed by atoms with van der Waals surface area (Å²) in [5, 5.41) is 13.8. The fraction of sp³-hybridized carbons (Fsp3) is 0.444. The van der Waals surface area contributed by atoms with E-state index in [0.29, 0.717) is 25.1 Å². The van der Waals surface area contributed by atoms with E-state index < -0.39 is 0 Å². The van der Waals surface area contributed by atoms with Crippen LogP contribution in [0, 0.1) is 0 Å². The Morgan fingerprint density at radius 1 is 1.32 bits per heavy atom. The molecule has 0 bridgehead atoms. The highest BCUT2D eigenvalue weighted by atomic mass is 16.5. The van der Waals surface area contributed by atoms with E-state index in [1.807, 2.05) is 24.3 Å². The Labute approximate surface area is 146 Å². The predicted octanol–water partition coefficient (Wildman–Crippen LogP) is 1.16. The molecule has 1 saturated heterocycles. The maximum atomic E-state index is 12.7. The molecule has 1 N–H and O–H groups in total. The number of nitrogens with zero attached hydrogens (tertiary/aromatic N) is 3. The van der Waals surface area contributed by atoms with E-state index in [0.717, 1.165) is 11.3 Å². The maximum Gasteiger partial charge on any atom is 0.257 e. The summed E-state index contributed by atoms with van der Waals surface area (Å²) in [5.74, 6) is 0.677. The number of aromatic nitrogens is 2. The van der Waals surface area contributed by atoms with Crippen molar-refractivity contribution in [1.29, 1.82) is 0 Å². The van der Waals surface area contributed by atoms with Gasteiger partial charge in [0.2, 0.25) is 0 Å². The molecule has 25 heavy (non-hydrogen) atoms. The fourth-order valence-electron chi connectivity index (χ4n) is 3.11. The van der Waals surface area contributed by atoms with Gasteiger partial charge in [-0.05, 0) is 24.1 Å². The molecular weight excluding hydrogens is 322 g/mol. The van der Waals surface area contributed by atoms with Crippen molar-refractivity contribution < 1.29 is 19.4 Å². The van der Waals surface area contributed by atoms with Gasteiger partial charge in [-0.15, -0.1) is 0 Å². The number of likely N-dealkylation sites (tertiary alicyclic amines) is 1. The smallest absolute Gasteiger partial charge is 0.257 e. The Hall–Kier alpha value is -2.38. The lowest BCUT2D eigenvalue weighted by Crippen LogP contribution is -2.37. The van der Waals surface area contributed by atoms with Crippen LogP contribution in [0.5, 0.6) is 5.75 Å². The number of hydrogen-bond donors (Lipinski definition) is 1. The van der Waals surface area contributed by atoms with Gasteiger partial charge >= 0.3 is 0 Å². The highest BCUT2D eigenvalue weighted by Crippen LogP contribution is 2.22. The maximum absolute atomic E-state index is 12.7. The molecule has 7 nitrogen and oxygen atoms in total. The van der Waals surface area contributed by atoms with Gasteiger partial charge < -0.3 is 19.5 Å². The Kier molecular flexibility index (Phi) is 5.35. The molecule has 2 aromatic rings. The van der Waals surface area contributed by atoms with E-state index in [9.17, 15) is 9.90 Å². The fourth-order valence-corrected chi connectivity index (χ4v) is 3.11. The van der Waals surface area contributed by atoms with Crippen LogP contribution in [0.1, 0.15) is 22.3 Å². The average Bonchev–Trinajstić information content (AvgIpc) is 3.28. The lowest BCUT2D eigenvalue weighted by Gasteiger charge is -2.21. The number of carbonyl (C=O) groups is 1. The lowest BCUT2D eigenvalue weighted by atomic mass is 10.2. The summed E-state index contributed by atoms with van der Waals surface area (Å²) in [5.41, 5.74) is 1.58. The molecule has 134 valence electrons. The second-order valence-corrected chi connectivity index (χ2v) is 6.16. The minimum Gasteiger partial charge on any atom is -0.497 e. The molecule has 1 aliphatic rings. The largest absolute Gasteiger partial charge is 0.497 e. The summed E-state index contributed by atoms with van der Waals surface area (Å²) < 4.78 is 12.2. The Morgan fingerprint density at radius 2 is 2.08 bits per heavy atom. The standard InChI is InChI=1S/C18H23N3O4/c1-24-16-5-3-13(4-6-16)9-20-10-14(8-19-20)18(23)21-11-17(25-2)7-15(21)12-22/h3-6,8,10,15,17,22H,7,9,11-12H2,1-2H3/t15-,17+/m0/s1. The molecule has 1 aromatic carbocycles. The molecule has 0 unspecified atom stereocenters. The van der Waals surface area contributed by atoms with Crippen LogP contribution in [0.3, 0.4) is 0 Å². The van der Waals surface area contributed by atoms with Gasteiger partial charge in [-0.25, -0.2) is 0 Å². The molecule has 1 amide bonds. The SMILES string of the molecule is COc1ccc(Cn2cc(C(=O)N3C[C@H](OC)C[C@H]3CO)cn2)cc1. The van der Waals surface area contributed by atoms with Crippen LogP contribution in [0.4, 0.5) is 0 Å². The summed E-state index contributed by atoms with van der Waals surface area (Å²) in [7, 11) is 3.26. The van der Waals surface area contributed by atoms with Gasteiger partial charge in [0.25, 0.3) is 5.91 Å². The molecule has 3 rings (SSSR count). The number of hydrogen-bond acceptors (Lipinski definition) is 5. The molecule has 2 heterocycles. The van der Waals surface area contributed by atoms with E-state index in [4.69, 9.17) is 9.47 Å². The molecule has 0 spiro atoms. The molecule has 0 radical (unpaired) electrons. The molecule has 2 atom stereocenters. The minimum absolute atomic E-state index is 0.0320. The molecule has 7 heteroatoms. The van der Waals surface area contributed by atoms with E-state index in [1.54, 1.807) is 36.2 Å². The van der Waals surface area contributed by atoms with Gasteiger partial charge in [0.1, 0.15) is 5.75 Å². The van der Waals surface area contributed by atoms with Crippen LogP contribution in [0.25, 0.3) is 0 Å². The van der Waals surface area contributed by atoms with Crippen molar-refractivity contribution >= 4 is 5.91 Å². The number of amides is 1. The first-order chi connectivity index (χ1) is 12.1. The second-order valence-electron chi connectivity index (χ2n) is 6.16. The number of methoxy groups -OCH3 is 2. The predicted molar refractivity (Wildman–Crippen MR) is 91.6 cm³/mol. The normalized spacial score (nSPS) is 20.0. The van der Waals surface area contributed by atoms with Gasteiger partial charge in [-0.1, -0.05) is 12.1 Å². The lowest BCUT2D eigenvalue weighted by molar-refractivity contribution is 0.0648. The number of aliphatic hydroxyl groups excluding tert-OH is 1. The van der Waals surface area contributed by atoms with E-state index in [2.05, 4.69) is 5.10 Å². The van der Waals surface area contributed by atoms with Crippen molar-refractivity contribution in [2.75, 3.05) is 27.4 Å². The summed E-state index contributed by atoms with van der Waals surface area (Å²) in [6.07, 6.45) is 3.93. The van der Waals surface area contributed by atoms with Crippen LogP contribution in [-0.2, 0) is 11.3 Å². The van der Waals surface area contributed by atoms with Gasteiger partial charge in [0, 0.05) is 19.9 Å². The molecule has 1 fully saturated rings. The van der Waals surface area contributed by atoms with Crippen molar-refractivity contribution in [3.05, 3.63) is 47.8 Å². The zero-order valence-corrected chi connectivity index (χ0v) is 14.5. The Morgan fingerprint density at radius 3 is 2.72 bits per heavy atom. The van der Waals surface area contributed by atoms with Crippen LogP contribution in [0.15, 0.2) is 36.7 Å². The van der Waals surface area contributed by atoms with E-state index in [-0.39, 0.29) is 24.7 Å². The molecule has 0 saturated carbocycles. The van der Waals surface area contributed by atoms with Gasteiger partial charge in [0.05, 0.1) is 44.2 Å². The van der Waals surface area contributed by atoms with Gasteiger partial charge in [0.15, 0.2) is 0 Å². The van der Waals surface area contributed by atoms with Crippen LogP contribution in [-0.4, -0.2) is 65.2 Å². The summed E-state index contributed by atoms with van der Waals surface area (Å²) in [6.45, 7) is 0.997. The molecule has 1 aromatic heterocycles. The zero-order valence-electron chi connectivity index (χ0n) is 14.5. The Balaban J connectivity index is 1.68. The summed E-state index contributed by atoms with van der Waals surface area (Å²) >= 11 is 0. The number of ether oxygens (including phenoxy) is 2. The van der Waals surface area contributed by atoms with Gasteiger partial charge in [-0.2, -0.15) is 5.10 Å². The van der Waals surface area contributed by atoms with E-state index >= 15 is 0 Å². The molecule has 1 aliphatic heterocycles. The summed E-state index contributed by atoms with van der Waals surface area (Å²) in [4.78, 5) is 14.4. The molecular formula is C18H23N3O4. The topological polar surface area (TPSA) is 76.8 Å². The van der Waals surface area contributed by atoms with Crippen LogP contribution >= 0.6 is 0 Å².